The molecule has 1 amide bonds. The van der Waals surface area contributed by atoms with E-state index in [9.17, 15) is 9.59 Å². The lowest BCUT2D eigenvalue weighted by atomic mass is 10.1. The van der Waals surface area contributed by atoms with E-state index in [1.54, 1.807) is 19.2 Å². The Labute approximate surface area is 106 Å². The second-order valence-electron chi connectivity index (χ2n) is 4.08. The van der Waals surface area contributed by atoms with Crippen molar-refractivity contribution in [2.75, 3.05) is 13.7 Å². The molecule has 0 aliphatic heterocycles. The monoisotopic (exact) mass is 250 g/mol. The lowest BCUT2D eigenvalue weighted by Gasteiger charge is -2.12. The maximum absolute atomic E-state index is 11.1. The SMILES string of the molecule is CN[C@@H](Cc1ccc(OCC(C)=O)cc1)C(N)=O. The van der Waals surface area contributed by atoms with Crippen molar-refractivity contribution >= 4 is 11.7 Å². The molecule has 5 heteroatoms. The second-order valence-corrected chi connectivity index (χ2v) is 4.08. The van der Waals surface area contributed by atoms with Gasteiger partial charge in [-0.1, -0.05) is 12.1 Å². The summed E-state index contributed by atoms with van der Waals surface area (Å²) in [5.41, 5.74) is 6.22. The maximum Gasteiger partial charge on any atom is 0.234 e. The van der Waals surface area contributed by atoms with Crippen molar-refractivity contribution in [3.63, 3.8) is 0 Å². The van der Waals surface area contributed by atoms with Crippen molar-refractivity contribution in [3.8, 4) is 5.75 Å². The molecule has 0 aliphatic rings. The Morgan fingerprint density at radius 3 is 2.39 bits per heavy atom. The fourth-order valence-corrected chi connectivity index (χ4v) is 1.49. The van der Waals surface area contributed by atoms with E-state index in [4.69, 9.17) is 10.5 Å². The number of Topliss-reactive ketones (excluding diaryl/α,β-unsaturated/α-hetero) is 1. The fraction of sp³-hybridized carbons (Fsp3) is 0.385. The lowest BCUT2D eigenvalue weighted by molar-refractivity contribution is -0.120. The summed E-state index contributed by atoms with van der Waals surface area (Å²) >= 11 is 0. The third-order valence-electron chi connectivity index (χ3n) is 2.50. The largest absolute Gasteiger partial charge is 0.486 e. The van der Waals surface area contributed by atoms with Gasteiger partial charge in [-0.25, -0.2) is 0 Å². The second kappa shape index (κ2) is 6.76. The number of benzene rings is 1. The molecule has 0 aliphatic carbocycles. The molecule has 0 spiro atoms. The molecule has 0 unspecified atom stereocenters. The Balaban J connectivity index is 2.59. The van der Waals surface area contributed by atoms with Gasteiger partial charge in [-0.2, -0.15) is 0 Å². The maximum atomic E-state index is 11.1. The molecule has 5 nitrogen and oxygen atoms in total. The van der Waals surface area contributed by atoms with Gasteiger partial charge in [-0.05, 0) is 38.1 Å². The van der Waals surface area contributed by atoms with E-state index in [0.717, 1.165) is 5.56 Å². The van der Waals surface area contributed by atoms with Gasteiger partial charge in [0.25, 0.3) is 0 Å². The Morgan fingerprint density at radius 2 is 1.94 bits per heavy atom. The van der Waals surface area contributed by atoms with Gasteiger partial charge < -0.3 is 15.8 Å². The van der Waals surface area contributed by atoms with Crippen LogP contribution in [0.4, 0.5) is 0 Å². The first-order valence-electron chi connectivity index (χ1n) is 5.70. The molecule has 1 aromatic rings. The van der Waals surface area contributed by atoms with Crippen LogP contribution in [-0.4, -0.2) is 31.4 Å². The highest BCUT2D eigenvalue weighted by Gasteiger charge is 2.12. The molecule has 1 aromatic carbocycles. The van der Waals surface area contributed by atoms with E-state index >= 15 is 0 Å². The number of hydrogen-bond donors (Lipinski definition) is 2. The lowest BCUT2D eigenvalue weighted by Crippen LogP contribution is -2.40. The van der Waals surface area contributed by atoms with E-state index in [0.29, 0.717) is 12.2 Å². The molecule has 0 heterocycles. The summed E-state index contributed by atoms with van der Waals surface area (Å²) in [6.45, 7) is 1.54. The van der Waals surface area contributed by atoms with Gasteiger partial charge in [0.2, 0.25) is 5.91 Å². The highest BCUT2D eigenvalue weighted by molar-refractivity contribution is 5.80. The summed E-state index contributed by atoms with van der Waals surface area (Å²) in [7, 11) is 1.69. The van der Waals surface area contributed by atoms with Gasteiger partial charge in [0.1, 0.15) is 12.4 Å². The van der Waals surface area contributed by atoms with Crippen LogP contribution in [0.2, 0.25) is 0 Å². The van der Waals surface area contributed by atoms with E-state index in [2.05, 4.69) is 5.32 Å². The molecule has 0 radical (unpaired) electrons. The van der Waals surface area contributed by atoms with Gasteiger partial charge >= 0.3 is 0 Å². The van der Waals surface area contributed by atoms with E-state index in [-0.39, 0.29) is 24.3 Å². The molecule has 18 heavy (non-hydrogen) atoms. The van der Waals surface area contributed by atoms with Crippen molar-refractivity contribution in [1.29, 1.82) is 0 Å². The average Bonchev–Trinajstić information content (AvgIpc) is 2.34. The van der Waals surface area contributed by atoms with Gasteiger partial charge in [-0.3, -0.25) is 9.59 Å². The molecule has 0 aromatic heterocycles. The highest BCUT2D eigenvalue weighted by Crippen LogP contribution is 2.13. The van der Waals surface area contributed by atoms with Gasteiger partial charge in [0.05, 0.1) is 6.04 Å². The molecule has 0 fully saturated rings. The van der Waals surface area contributed by atoms with Gasteiger partial charge in [-0.15, -0.1) is 0 Å². The number of amides is 1. The van der Waals surface area contributed by atoms with Gasteiger partial charge in [0.15, 0.2) is 5.78 Å². The Bertz CT molecular complexity index is 415. The smallest absolute Gasteiger partial charge is 0.234 e. The minimum absolute atomic E-state index is 0.0250. The fourth-order valence-electron chi connectivity index (χ4n) is 1.49. The van der Waals surface area contributed by atoms with Crippen LogP contribution >= 0.6 is 0 Å². The number of likely N-dealkylation sites (N-methyl/N-ethyl adjacent to an activating group) is 1. The van der Waals surface area contributed by atoms with Crippen molar-refractivity contribution in [2.24, 2.45) is 5.73 Å². The summed E-state index contributed by atoms with van der Waals surface area (Å²) in [6, 6.07) is 6.86. The quantitative estimate of drug-likeness (QED) is 0.728. The number of hydrogen-bond acceptors (Lipinski definition) is 4. The van der Waals surface area contributed by atoms with Crippen LogP contribution in [0.25, 0.3) is 0 Å². The molecular formula is C13H18N2O3. The third kappa shape index (κ3) is 4.55. The highest BCUT2D eigenvalue weighted by atomic mass is 16.5. The number of carbonyl (C=O) groups excluding carboxylic acids is 2. The zero-order valence-corrected chi connectivity index (χ0v) is 10.6. The van der Waals surface area contributed by atoms with Crippen LogP contribution in [0.15, 0.2) is 24.3 Å². The zero-order chi connectivity index (χ0) is 13.5. The molecule has 0 bridgehead atoms. The van der Waals surface area contributed by atoms with Gasteiger partial charge in [0, 0.05) is 0 Å². The minimum atomic E-state index is -0.381. The van der Waals surface area contributed by atoms with Crippen LogP contribution < -0.4 is 15.8 Å². The molecule has 0 saturated heterocycles. The topological polar surface area (TPSA) is 81.4 Å². The number of rotatable bonds is 7. The van der Waals surface area contributed by atoms with Crippen LogP contribution in [0.3, 0.4) is 0 Å². The predicted molar refractivity (Wildman–Crippen MR) is 68.4 cm³/mol. The number of primary amides is 1. The van der Waals surface area contributed by atoms with Crippen molar-refractivity contribution in [2.45, 2.75) is 19.4 Å². The number of ketones is 1. The van der Waals surface area contributed by atoms with Crippen LogP contribution in [0.1, 0.15) is 12.5 Å². The summed E-state index contributed by atoms with van der Waals surface area (Å²) in [4.78, 5) is 21.8. The number of nitrogens with two attached hydrogens (primary N) is 1. The molecule has 98 valence electrons. The zero-order valence-electron chi connectivity index (χ0n) is 10.6. The Kier molecular flexibility index (Phi) is 5.32. The van der Waals surface area contributed by atoms with E-state index < -0.39 is 0 Å². The van der Waals surface area contributed by atoms with Crippen LogP contribution in [0.5, 0.6) is 5.75 Å². The first-order chi connectivity index (χ1) is 8.52. The summed E-state index contributed by atoms with van der Waals surface area (Å²) < 4.78 is 5.24. The molecule has 1 atom stereocenters. The normalized spacial score (nSPS) is 11.9. The number of ether oxygens (including phenoxy) is 1. The Morgan fingerprint density at radius 1 is 1.33 bits per heavy atom. The third-order valence-corrected chi connectivity index (χ3v) is 2.50. The van der Waals surface area contributed by atoms with Crippen LogP contribution in [0, 0.1) is 0 Å². The summed E-state index contributed by atoms with van der Waals surface area (Å²) in [6.07, 6.45) is 0.527. The van der Waals surface area contributed by atoms with Crippen molar-refractivity contribution < 1.29 is 14.3 Å². The van der Waals surface area contributed by atoms with E-state index in [1.165, 1.54) is 6.92 Å². The summed E-state index contributed by atoms with van der Waals surface area (Å²) in [5, 5.41) is 2.85. The molecular weight excluding hydrogens is 232 g/mol. The number of carbonyl (C=O) groups is 2. The van der Waals surface area contributed by atoms with E-state index in [1.807, 2.05) is 12.1 Å². The minimum Gasteiger partial charge on any atom is -0.486 e. The molecule has 0 saturated carbocycles. The predicted octanol–water partition coefficient (Wildman–Crippen LogP) is 0.270. The van der Waals surface area contributed by atoms with Crippen molar-refractivity contribution in [3.05, 3.63) is 29.8 Å². The number of nitrogens with one attached hydrogen (secondary N) is 1. The first kappa shape index (κ1) is 14.2. The van der Waals surface area contributed by atoms with Crippen molar-refractivity contribution in [1.82, 2.24) is 5.32 Å². The summed E-state index contributed by atoms with van der Waals surface area (Å²) in [5.74, 6) is 0.228. The standard InChI is InChI=1S/C13H18N2O3/c1-9(16)8-18-11-5-3-10(4-6-11)7-12(15-2)13(14)17/h3-6,12,15H,7-8H2,1-2H3,(H2,14,17)/t12-/m0/s1. The molecule has 1 rings (SSSR count). The molecule has 3 N–H and O–H groups in total. The Hall–Kier alpha value is -1.88. The average molecular weight is 250 g/mol. The van der Waals surface area contributed by atoms with Crippen LogP contribution in [-0.2, 0) is 16.0 Å². The first-order valence-corrected chi connectivity index (χ1v) is 5.70.